The molecule has 0 aromatic carbocycles. The van der Waals surface area contributed by atoms with Gasteiger partial charge in [-0.05, 0) is 25.0 Å². The summed E-state index contributed by atoms with van der Waals surface area (Å²) in [5, 5.41) is 19.0. The molecule has 6 heteroatoms. The molecule has 0 saturated carbocycles. The molecule has 14 heavy (non-hydrogen) atoms. The quantitative estimate of drug-likeness (QED) is 0.409. The van der Waals surface area contributed by atoms with Crippen molar-refractivity contribution in [3.05, 3.63) is 24.3 Å². The van der Waals surface area contributed by atoms with Crippen LogP contribution in [0.1, 0.15) is 13.8 Å². The number of carboxylic acids is 2. The zero-order valence-corrected chi connectivity index (χ0v) is 8.79. The molecule has 1 radical (unpaired) electrons. The van der Waals surface area contributed by atoms with Gasteiger partial charge < -0.3 is 25.3 Å². The summed E-state index contributed by atoms with van der Waals surface area (Å²) in [7, 11) is 0. The van der Waals surface area contributed by atoms with Crippen molar-refractivity contribution >= 4 is 11.9 Å². The van der Waals surface area contributed by atoms with E-state index in [2.05, 4.69) is 13.2 Å². The van der Waals surface area contributed by atoms with Crippen LogP contribution in [-0.4, -0.2) is 17.4 Å². The Hall–Kier alpha value is -1.10. The second-order valence-corrected chi connectivity index (χ2v) is 2.14. The van der Waals surface area contributed by atoms with E-state index in [1.807, 2.05) is 0 Å². The predicted octanol–water partition coefficient (Wildman–Crippen LogP) is -2.20. The van der Waals surface area contributed by atoms with Crippen LogP contribution in [0.2, 0.25) is 0 Å². The summed E-state index contributed by atoms with van der Waals surface area (Å²) < 4.78 is 0. The average Bonchev–Trinajstić information content (AvgIpc) is 1.88. The van der Waals surface area contributed by atoms with E-state index in [0.29, 0.717) is 0 Å². The van der Waals surface area contributed by atoms with Gasteiger partial charge in [0, 0.05) is 0 Å². The van der Waals surface area contributed by atoms with E-state index in [-0.39, 0.29) is 33.7 Å². The molecule has 85 valence electrons. The Balaban J connectivity index is -0.0000000625. The fourth-order valence-corrected chi connectivity index (χ4v) is 0. The number of carbonyl (C=O) groups excluding carboxylic acids is 2. The molecule has 0 amide bonds. The molecule has 0 saturated heterocycles. The second kappa shape index (κ2) is 11.9. The monoisotopic (exact) mass is 251 g/mol. The van der Waals surface area contributed by atoms with Gasteiger partial charge in [0.15, 0.2) is 0 Å². The molecule has 5 nitrogen and oxygen atoms in total. The minimum absolute atomic E-state index is 0. The number of carboxylic acid groups (broad SMARTS) is 2. The van der Waals surface area contributed by atoms with Crippen LogP contribution in [-0.2, 0) is 26.7 Å². The van der Waals surface area contributed by atoms with Crippen molar-refractivity contribution in [1.82, 2.24) is 0 Å². The van der Waals surface area contributed by atoms with Crippen LogP contribution in [0.15, 0.2) is 24.3 Å². The fourth-order valence-electron chi connectivity index (χ4n) is 0. The van der Waals surface area contributed by atoms with Gasteiger partial charge in [0.1, 0.15) is 0 Å². The Morgan fingerprint density at radius 2 is 1.00 bits per heavy atom. The van der Waals surface area contributed by atoms with Crippen LogP contribution in [0.3, 0.4) is 0 Å². The number of hydrogen-bond donors (Lipinski definition) is 0. The molecule has 0 fully saturated rings. The van der Waals surface area contributed by atoms with E-state index >= 15 is 0 Å². The van der Waals surface area contributed by atoms with Gasteiger partial charge in [-0.2, -0.15) is 0 Å². The number of hydrogen-bond acceptors (Lipinski definition) is 4. The van der Waals surface area contributed by atoms with Gasteiger partial charge in [-0.1, -0.05) is 13.2 Å². The van der Waals surface area contributed by atoms with Crippen molar-refractivity contribution in [2.45, 2.75) is 13.8 Å². The first-order chi connectivity index (χ1) is 5.29. The summed E-state index contributed by atoms with van der Waals surface area (Å²) in [6.45, 7) is 8.95. The fraction of sp³-hybridized carbons (Fsp3) is 0.250. The molecule has 2 N–H and O–H groups in total. The normalized spacial score (nSPS) is 6.43. The van der Waals surface area contributed by atoms with Gasteiger partial charge in [-0.3, -0.25) is 0 Å². The molecular formula is C8H12CuO5. The molecule has 0 aliphatic heterocycles. The first-order valence-corrected chi connectivity index (χ1v) is 3.02. The van der Waals surface area contributed by atoms with Crippen molar-refractivity contribution in [2.24, 2.45) is 0 Å². The van der Waals surface area contributed by atoms with Crippen LogP contribution in [0, 0.1) is 0 Å². The van der Waals surface area contributed by atoms with Crippen LogP contribution in [0.4, 0.5) is 0 Å². The summed E-state index contributed by atoms with van der Waals surface area (Å²) in [4.78, 5) is 19.0. The van der Waals surface area contributed by atoms with E-state index in [1.165, 1.54) is 13.8 Å². The average molecular weight is 252 g/mol. The minimum atomic E-state index is -1.19. The summed E-state index contributed by atoms with van der Waals surface area (Å²) in [5.74, 6) is -2.37. The maximum atomic E-state index is 9.49. The topological polar surface area (TPSA) is 112 Å². The third-order valence-electron chi connectivity index (χ3n) is 0.697. The predicted molar refractivity (Wildman–Crippen MR) is 43.3 cm³/mol. The third kappa shape index (κ3) is 22.4. The molecule has 0 aromatic rings. The van der Waals surface area contributed by atoms with Crippen LogP contribution in [0.5, 0.6) is 0 Å². The van der Waals surface area contributed by atoms with Crippen LogP contribution in [0.25, 0.3) is 0 Å². The Labute approximate surface area is 92.9 Å². The molecule has 0 spiro atoms. The van der Waals surface area contributed by atoms with Crippen molar-refractivity contribution in [3.8, 4) is 0 Å². The maximum Gasteiger partial charge on any atom is 2.00 e. The van der Waals surface area contributed by atoms with E-state index in [0.717, 1.165) is 0 Å². The summed E-state index contributed by atoms with van der Waals surface area (Å²) in [5.41, 5.74) is 0.130. The van der Waals surface area contributed by atoms with Gasteiger partial charge in [-0.15, -0.1) is 0 Å². The Bertz CT molecular complexity index is 174. The summed E-state index contributed by atoms with van der Waals surface area (Å²) >= 11 is 0. The standard InChI is InChI=1S/2C4H6O2.Cu.H2O/c2*1-3(2)4(5)6;;/h2*1H2,2H3,(H,5,6);;1H2/q;;+2;/p-2. The SMILES string of the molecule is C=C(C)C(=O)[O-].C=C(C)C(=O)[O-].O.[Cu+2]. The summed E-state index contributed by atoms with van der Waals surface area (Å²) in [6, 6.07) is 0. The van der Waals surface area contributed by atoms with Crippen molar-refractivity contribution in [1.29, 1.82) is 0 Å². The van der Waals surface area contributed by atoms with Crippen LogP contribution < -0.4 is 10.2 Å². The molecular weight excluding hydrogens is 240 g/mol. The third-order valence-corrected chi connectivity index (χ3v) is 0.697. The first-order valence-electron chi connectivity index (χ1n) is 3.02. The maximum absolute atomic E-state index is 9.49. The van der Waals surface area contributed by atoms with E-state index in [9.17, 15) is 19.8 Å². The van der Waals surface area contributed by atoms with Gasteiger partial charge in [0.2, 0.25) is 0 Å². The molecule has 0 bridgehead atoms. The first kappa shape index (κ1) is 23.1. The number of carbonyl (C=O) groups is 2. The zero-order valence-electron chi connectivity index (χ0n) is 7.85. The Morgan fingerprint density at radius 3 is 1.00 bits per heavy atom. The zero-order chi connectivity index (χ0) is 10.3. The number of rotatable bonds is 2. The molecule has 0 aromatic heterocycles. The van der Waals surface area contributed by atoms with E-state index in [4.69, 9.17) is 0 Å². The van der Waals surface area contributed by atoms with E-state index in [1.54, 1.807) is 0 Å². The van der Waals surface area contributed by atoms with Gasteiger partial charge in [0.05, 0.1) is 11.9 Å². The van der Waals surface area contributed by atoms with Crippen molar-refractivity contribution in [3.63, 3.8) is 0 Å². The van der Waals surface area contributed by atoms with Gasteiger partial charge in [0.25, 0.3) is 0 Å². The van der Waals surface area contributed by atoms with Crippen molar-refractivity contribution in [2.75, 3.05) is 0 Å². The minimum Gasteiger partial charge on any atom is -0.545 e. The molecule has 0 aliphatic rings. The Morgan fingerprint density at radius 1 is 0.929 bits per heavy atom. The summed E-state index contributed by atoms with van der Waals surface area (Å²) in [6.07, 6.45) is 0. The van der Waals surface area contributed by atoms with Crippen LogP contribution >= 0.6 is 0 Å². The number of aliphatic carboxylic acids is 2. The molecule has 0 aliphatic carbocycles. The Kier molecular flexibility index (Phi) is 19.6. The molecule has 0 unspecified atom stereocenters. The van der Waals surface area contributed by atoms with Gasteiger partial charge >= 0.3 is 17.1 Å². The molecule has 0 rings (SSSR count). The van der Waals surface area contributed by atoms with Crippen molar-refractivity contribution < 1.29 is 42.3 Å². The van der Waals surface area contributed by atoms with E-state index < -0.39 is 11.9 Å². The molecule has 0 atom stereocenters. The largest absolute Gasteiger partial charge is 2.00 e. The second-order valence-electron chi connectivity index (χ2n) is 2.14. The smallest absolute Gasteiger partial charge is 0.545 e. The van der Waals surface area contributed by atoms with Gasteiger partial charge in [-0.25, -0.2) is 0 Å². The molecule has 0 heterocycles.